The molecule has 0 saturated heterocycles. The molecule has 3 aliphatic carbocycles. The molecule has 4 heteroatoms. The van der Waals surface area contributed by atoms with Crippen molar-refractivity contribution in [3.63, 3.8) is 0 Å². The average molecular weight is 331 g/mol. The van der Waals surface area contributed by atoms with Crippen molar-refractivity contribution in [1.82, 2.24) is 0 Å². The zero-order valence-electron chi connectivity index (χ0n) is 14.0. The first kappa shape index (κ1) is 21.1. The van der Waals surface area contributed by atoms with E-state index in [0.29, 0.717) is 3.72 Å². The molecule has 0 atom stereocenters. The zero-order chi connectivity index (χ0) is 16.5. The fourth-order valence-electron chi connectivity index (χ4n) is 3.76. The molecule has 0 spiro atoms. The third-order valence-electron chi connectivity index (χ3n) is 4.51. The summed E-state index contributed by atoms with van der Waals surface area (Å²) in [5, 5.41) is 21.0. The number of aliphatic hydroxyl groups excluding tert-OH is 3. The Morgan fingerprint density at radius 3 is 1.29 bits per heavy atom. The maximum atomic E-state index is 7.00. The summed E-state index contributed by atoms with van der Waals surface area (Å²) in [7, 11) is 3.00. The SMILES string of the molecule is CO.CO.CO.C[C]1([Ti])C2=C(CCCC2)C2=C1CCCC2. The quantitative estimate of drug-likeness (QED) is 0.597. The summed E-state index contributed by atoms with van der Waals surface area (Å²) in [5.74, 6) is 0. The van der Waals surface area contributed by atoms with Crippen LogP contribution >= 0.6 is 0 Å². The molecule has 0 aromatic heterocycles. The fraction of sp³-hybridized carbons (Fsp3) is 0.765. The molecule has 0 heterocycles. The molecule has 0 aromatic carbocycles. The first-order chi connectivity index (χ1) is 10.2. The normalized spacial score (nSPS) is 21.6. The van der Waals surface area contributed by atoms with Crippen LogP contribution < -0.4 is 0 Å². The summed E-state index contributed by atoms with van der Waals surface area (Å²) >= 11 is 2.47. The Morgan fingerprint density at radius 2 is 0.952 bits per heavy atom. The van der Waals surface area contributed by atoms with Gasteiger partial charge in [0.05, 0.1) is 0 Å². The predicted octanol–water partition coefficient (Wildman–Crippen LogP) is 3.29. The van der Waals surface area contributed by atoms with Gasteiger partial charge in [-0.15, -0.1) is 0 Å². The van der Waals surface area contributed by atoms with Gasteiger partial charge in [0.25, 0.3) is 0 Å². The Balaban J connectivity index is 0.000000598. The topological polar surface area (TPSA) is 60.7 Å². The van der Waals surface area contributed by atoms with Gasteiger partial charge in [-0.3, -0.25) is 0 Å². The van der Waals surface area contributed by atoms with Crippen molar-refractivity contribution in [3.05, 3.63) is 22.3 Å². The second-order valence-electron chi connectivity index (χ2n) is 5.45. The number of rotatable bonds is 0. The second-order valence-corrected chi connectivity index (χ2v) is 7.01. The molecule has 21 heavy (non-hydrogen) atoms. The van der Waals surface area contributed by atoms with Crippen LogP contribution in [-0.2, 0) is 20.4 Å². The monoisotopic (exact) mass is 331 g/mol. The molecular formula is C17H31O3Ti. The molecule has 3 rings (SSSR count). The minimum absolute atomic E-state index is 0.436. The van der Waals surface area contributed by atoms with Crippen LogP contribution in [0.3, 0.4) is 0 Å². The van der Waals surface area contributed by atoms with Crippen molar-refractivity contribution >= 4 is 0 Å². The Labute approximate surface area is 141 Å². The van der Waals surface area contributed by atoms with E-state index < -0.39 is 0 Å². The van der Waals surface area contributed by atoms with Gasteiger partial charge in [-0.25, -0.2) is 0 Å². The van der Waals surface area contributed by atoms with Crippen LogP contribution in [0.2, 0.25) is 3.72 Å². The van der Waals surface area contributed by atoms with Gasteiger partial charge in [0.15, 0.2) is 0 Å². The molecular weight excluding hydrogens is 300 g/mol. The van der Waals surface area contributed by atoms with Gasteiger partial charge in [0, 0.05) is 21.3 Å². The molecule has 0 aromatic rings. The Morgan fingerprint density at radius 1 is 0.667 bits per heavy atom. The van der Waals surface area contributed by atoms with Crippen LogP contribution in [-0.4, -0.2) is 36.6 Å². The van der Waals surface area contributed by atoms with Crippen LogP contribution in [0, 0.1) is 0 Å². The minimum atomic E-state index is 0.436. The number of aliphatic hydroxyl groups is 3. The van der Waals surface area contributed by atoms with Gasteiger partial charge in [-0.05, 0) is 0 Å². The van der Waals surface area contributed by atoms with Crippen LogP contribution in [0.25, 0.3) is 0 Å². The van der Waals surface area contributed by atoms with E-state index in [4.69, 9.17) is 15.3 Å². The summed E-state index contributed by atoms with van der Waals surface area (Å²) in [4.78, 5) is 0. The second kappa shape index (κ2) is 10.7. The van der Waals surface area contributed by atoms with E-state index in [0.717, 1.165) is 21.3 Å². The number of allylic oxidation sites excluding steroid dienone is 4. The van der Waals surface area contributed by atoms with E-state index in [2.05, 4.69) is 27.4 Å². The summed E-state index contributed by atoms with van der Waals surface area (Å²) in [5.41, 5.74) is 7.25. The van der Waals surface area contributed by atoms with Crippen molar-refractivity contribution in [1.29, 1.82) is 0 Å². The molecule has 0 unspecified atom stereocenters. The van der Waals surface area contributed by atoms with Crippen LogP contribution in [0.15, 0.2) is 22.3 Å². The molecule has 3 nitrogen and oxygen atoms in total. The summed E-state index contributed by atoms with van der Waals surface area (Å²) in [6, 6.07) is 0. The molecule has 0 saturated carbocycles. The van der Waals surface area contributed by atoms with Crippen molar-refractivity contribution in [2.24, 2.45) is 0 Å². The van der Waals surface area contributed by atoms with Gasteiger partial charge < -0.3 is 15.3 Å². The molecule has 0 aliphatic heterocycles. The predicted molar refractivity (Wildman–Crippen MR) is 83.8 cm³/mol. The summed E-state index contributed by atoms with van der Waals surface area (Å²) < 4.78 is 0.436. The summed E-state index contributed by atoms with van der Waals surface area (Å²) in [6.07, 6.45) is 11.3. The van der Waals surface area contributed by atoms with E-state index in [1.807, 2.05) is 11.1 Å². The molecule has 0 fully saturated rings. The van der Waals surface area contributed by atoms with Crippen molar-refractivity contribution in [3.8, 4) is 0 Å². The van der Waals surface area contributed by atoms with Crippen LogP contribution in [0.4, 0.5) is 0 Å². The Hall–Kier alpha value is 0.0743. The summed E-state index contributed by atoms with van der Waals surface area (Å²) in [6.45, 7) is 2.47. The van der Waals surface area contributed by atoms with Crippen LogP contribution in [0.1, 0.15) is 58.3 Å². The first-order valence-corrected chi connectivity index (χ1v) is 8.54. The van der Waals surface area contributed by atoms with E-state index in [1.54, 1.807) is 11.1 Å². The molecule has 3 N–H and O–H groups in total. The molecule has 3 aliphatic rings. The number of hydrogen-bond donors (Lipinski definition) is 3. The van der Waals surface area contributed by atoms with E-state index in [1.165, 1.54) is 51.4 Å². The van der Waals surface area contributed by atoms with Crippen molar-refractivity contribution < 1.29 is 35.8 Å². The van der Waals surface area contributed by atoms with Crippen molar-refractivity contribution in [2.75, 3.05) is 21.3 Å². The Bertz CT molecular complexity index is 336. The molecule has 0 radical (unpaired) electrons. The number of hydrogen-bond acceptors (Lipinski definition) is 3. The van der Waals surface area contributed by atoms with Gasteiger partial charge in [-0.1, -0.05) is 0 Å². The standard InChI is InChI=1S/C14H19.3CH4O.Ti/c1-10-11-6-2-4-8-13(11)14-9-5-3-7-12(10)14;3*1-2;/h2-9H2,1H3;3*2H,1H3;. The molecule has 121 valence electrons. The zero-order valence-corrected chi connectivity index (χ0v) is 15.6. The van der Waals surface area contributed by atoms with Crippen molar-refractivity contribution in [2.45, 2.75) is 62.0 Å². The van der Waals surface area contributed by atoms with E-state index >= 15 is 0 Å². The van der Waals surface area contributed by atoms with Crippen LogP contribution in [0.5, 0.6) is 0 Å². The third kappa shape index (κ3) is 4.52. The van der Waals surface area contributed by atoms with Gasteiger partial charge in [0.2, 0.25) is 0 Å². The maximum absolute atomic E-state index is 7.00. The van der Waals surface area contributed by atoms with E-state index in [9.17, 15) is 0 Å². The third-order valence-corrected chi connectivity index (χ3v) is 5.45. The van der Waals surface area contributed by atoms with E-state index in [-0.39, 0.29) is 0 Å². The molecule has 0 amide bonds. The van der Waals surface area contributed by atoms with Gasteiger partial charge in [-0.2, -0.15) is 0 Å². The number of fused-ring (bicyclic) bond motifs is 1. The van der Waals surface area contributed by atoms with Gasteiger partial charge >= 0.3 is 105 Å². The van der Waals surface area contributed by atoms with Gasteiger partial charge in [0.1, 0.15) is 0 Å². The molecule has 0 bridgehead atoms. The fourth-order valence-corrected chi connectivity index (χ4v) is 4.62. The first-order valence-electron chi connectivity index (χ1n) is 7.76. The average Bonchev–Trinajstić information content (AvgIpc) is 2.82. The Kier molecular flexibility index (Phi) is 10.8.